The molecule has 1 aromatic rings. The van der Waals surface area contributed by atoms with Crippen LogP contribution in [-0.4, -0.2) is 31.1 Å². The zero-order valence-electron chi connectivity index (χ0n) is 13.6. The van der Waals surface area contributed by atoms with Crippen molar-refractivity contribution >= 4 is 0 Å². The molecule has 0 aromatic heterocycles. The first-order valence-corrected chi connectivity index (χ1v) is 8.24. The Labute approximate surface area is 128 Å². The average molecular weight is 292 g/mol. The fourth-order valence-electron chi connectivity index (χ4n) is 3.60. The third-order valence-corrected chi connectivity index (χ3v) is 4.62. The van der Waals surface area contributed by atoms with Crippen LogP contribution in [0.3, 0.4) is 0 Å². The van der Waals surface area contributed by atoms with E-state index < -0.39 is 0 Å². The van der Waals surface area contributed by atoms with Crippen LogP contribution < -0.4 is 5.32 Å². The number of benzene rings is 1. The standard InChI is InChI=1S/C18H29FN2/c1-4-20-18-10-5-14(2)11-16(18)13-21(3)12-15-6-8-17(19)9-7-15/h6-9,14,16,18,20H,4-5,10-13H2,1-3H3. The van der Waals surface area contributed by atoms with Crippen molar-refractivity contribution in [1.82, 2.24) is 10.2 Å². The highest BCUT2D eigenvalue weighted by molar-refractivity contribution is 5.15. The van der Waals surface area contributed by atoms with Gasteiger partial charge in [-0.2, -0.15) is 0 Å². The second kappa shape index (κ2) is 7.90. The average Bonchev–Trinajstić information content (AvgIpc) is 2.44. The molecule has 1 saturated carbocycles. The van der Waals surface area contributed by atoms with E-state index in [1.165, 1.54) is 24.8 Å². The molecule has 1 aliphatic carbocycles. The molecule has 0 amide bonds. The number of halogens is 1. The van der Waals surface area contributed by atoms with Crippen molar-refractivity contribution < 1.29 is 4.39 Å². The van der Waals surface area contributed by atoms with Gasteiger partial charge in [0.05, 0.1) is 0 Å². The molecule has 0 bridgehead atoms. The summed E-state index contributed by atoms with van der Waals surface area (Å²) in [6.07, 6.45) is 3.95. The summed E-state index contributed by atoms with van der Waals surface area (Å²) < 4.78 is 13.0. The van der Waals surface area contributed by atoms with E-state index in [4.69, 9.17) is 0 Å². The van der Waals surface area contributed by atoms with E-state index in [-0.39, 0.29) is 5.82 Å². The summed E-state index contributed by atoms with van der Waals surface area (Å²) in [4.78, 5) is 2.38. The Hall–Kier alpha value is -0.930. The lowest BCUT2D eigenvalue weighted by Crippen LogP contribution is -2.44. The van der Waals surface area contributed by atoms with Crippen LogP contribution in [0.2, 0.25) is 0 Å². The second-order valence-corrected chi connectivity index (χ2v) is 6.67. The molecule has 0 saturated heterocycles. The molecular weight excluding hydrogens is 263 g/mol. The first kappa shape index (κ1) is 16.4. The lowest BCUT2D eigenvalue weighted by atomic mass is 9.78. The molecule has 118 valence electrons. The number of nitrogens with one attached hydrogen (secondary N) is 1. The lowest BCUT2D eigenvalue weighted by molar-refractivity contribution is 0.158. The van der Waals surface area contributed by atoms with Gasteiger partial charge in [-0.25, -0.2) is 4.39 Å². The summed E-state index contributed by atoms with van der Waals surface area (Å²) in [6.45, 7) is 7.62. The number of hydrogen-bond acceptors (Lipinski definition) is 2. The smallest absolute Gasteiger partial charge is 0.123 e. The summed E-state index contributed by atoms with van der Waals surface area (Å²) in [6, 6.07) is 7.52. The highest BCUT2D eigenvalue weighted by Gasteiger charge is 2.28. The summed E-state index contributed by atoms with van der Waals surface area (Å²) in [5, 5.41) is 3.66. The third kappa shape index (κ3) is 5.08. The van der Waals surface area contributed by atoms with Gasteiger partial charge in [-0.15, -0.1) is 0 Å². The highest BCUT2D eigenvalue weighted by Crippen LogP contribution is 2.29. The van der Waals surface area contributed by atoms with Crippen LogP contribution in [0.15, 0.2) is 24.3 Å². The Morgan fingerprint density at radius 2 is 1.95 bits per heavy atom. The van der Waals surface area contributed by atoms with Gasteiger partial charge in [0.1, 0.15) is 5.82 Å². The van der Waals surface area contributed by atoms with E-state index in [0.717, 1.165) is 31.5 Å². The number of rotatable bonds is 6. The normalized spacial score (nSPS) is 26.2. The summed E-state index contributed by atoms with van der Waals surface area (Å²) >= 11 is 0. The van der Waals surface area contributed by atoms with Crippen molar-refractivity contribution in [2.45, 2.75) is 45.7 Å². The van der Waals surface area contributed by atoms with Gasteiger partial charge in [-0.05, 0) is 62.4 Å². The Kier molecular flexibility index (Phi) is 6.19. The molecule has 1 N–H and O–H groups in total. The predicted molar refractivity (Wildman–Crippen MR) is 86.7 cm³/mol. The van der Waals surface area contributed by atoms with E-state index in [9.17, 15) is 4.39 Å². The molecule has 1 aromatic carbocycles. The van der Waals surface area contributed by atoms with E-state index >= 15 is 0 Å². The molecule has 0 spiro atoms. The minimum atomic E-state index is -0.158. The minimum absolute atomic E-state index is 0.158. The maximum atomic E-state index is 13.0. The molecule has 0 aliphatic heterocycles. The van der Waals surface area contributed by atoms with E-state index in [2.05, 4.69) is 31.1 Å². The fourth-order valence-corrected chi connectivity index (χ4v) is 3.60. The van der Waals surface area contributed by atoms with Crippen LogP contribution in [0.25, 0.3) is 0 Å². The number of hydrogen-bond donors (Lipinski definition) is 1. The highest BCUT2D eigenvalue weighted by atomic mass is 19.1. The van der Waals surface area contributed by atoms with Gasteiger partial charge < -0.3 is 10.2 Å². The van der Waals surface area contributed by atoms with Crippen molar-refractivity contribution in [3.63, 3.8) is 0 Å². The van der Waals surface area contributed by atoms with Crippen LogP contribution in [-0.2, 0) is 6.54 Å². The Bertz CT molecular complexity index is 418. The minimum Gasteiger partial charge on any atom is -0.314 e. The van der Waals surface area contributed by atoms with Gasteiger partial charge in [0, 0.05) is 19.1 Å². The van der Waals surface area contributed by atoms with Crippen LogP contribution >= 0.6 is 0 Å². The largest absolute Gasteiger partial charge is 0.314 e. The number of nitrogens with zero attached hydrogens (tertiary/aromatic N) is 1. The monoisotopic (exact) mass is 292 g/mol. The summed E-state index contributed by atoms with van der Waals surface area (Å²) in [7, 11) is 2.17. The van der Waals surface area contributed by atoms with Crippen LogP contribution in [0.1, 0.15) is 38.7 Å². The maximum absolute atomic E-state index is 13.0. The van der Waals surface area contributed by atoms with Crippen molar-refractivity contribution in [3.8, 4) is 0 Å². The predicted octanol–water partition coefficient (Wildman–Crippen LogP) is 3.67. The zero-order valence-corrected chi connectivity index (χ0v) is 13.6. The molecule has 0 heterocycles. The van der Waals surface area contributed by atoms with Gasteiger partial charge >= 0.3 is 0 Å². The van der Waals surface area contributed by atoms with Gasteiger partial charge in [0.15, 0.2) is 0 Å². The van der Waals surface area contributed by atoms with Crippen molar-refractivity contribution in [2.24, 2.45) is 11.8 Å². The molecule has 3 heteroatoms. The van der Waals surface area contributed by atoms with Crippen LogP contribution in [0.5, 0.6) is 0 Å². The Balaban J connectivity index is 1.89. The molecule has 1 fully saturated rings. The van der Waals surface area contributed by atoms with Crippen molar-refractivity contribution in [2.75, 3.05) is 20.1 Å². The van der Waals surface area contributed by atoms with Crippen molar-refractivity contribution in [3.05, 3.63) is 35.6 Å². The van der Waals surface area contributed by atoms with Crippen LogP contribution in [0, 0.1) is 17.7 Å². The molecule has 3 atom stereocenters. The zero-order chi connectivity index (χ0) is 15.2. The maximum Gasteiger partial charge on any atom is 0.123 e. The second-order valence-electron chi connectivity index (χ2n) is 6.67. The van der Waals surface area contributed by atoms with Crippen LogP contribution in [0.4, 0.5) is 4.39 Å². The van der Waals surface area contributed by atoms with Gasteiger partial charge in [-0.1, -0.05) is 26.0 Å². The fraction of sp³-hybridized carbons (Fsp3) is 0.667. The topological polar surface area (TPSA) is 15.3 Å². The SMILES string of the molecule is CCNC1CCC(C)CC1CN(C)Cc1ccc(F)cc1. The first-order chi connectivity index (χ1) is 10.1. The quantitative estimate of drug-likeness (QED) is 0.860. The molecule has 2 nitrogen and oxygen atoms in total. The molecule has 0 radical (unpaired) electrons. The summed E-state index contributed by atoms with van der Waals surface area (Å²) in [5.41, 5.74) is 1.18. The molecule has 3 unspecified atom stereocenters. The third-order valence-electron chi connectivity index (χ3n) is 4.62. The Morgan fingerprint density at radius 1 is 1.24 bits per heavy atom. The molecule has 1 aliphatic rings. The van der Waals surface area contributed by atoms with E-state index in [1.54, 1.807) is 12.1 Å². The van der Waals surface area contributed by atoms with Gasteiger partial charge in [-0.3, -0.25) is 0 Å². The lowest BCUT2D eigenvalue weighted by Gasteiger charge is -2.37. The van der Waals surface area contributed by atoms with Crippen molar-refractivity contribution in [1.29, 1.82) is 0 Å². The van der Waals surface area contributed by atoms with Gasteiger partial charge in [0.25, 0.3) is 0 Å². The van der Waals surface area contributed by atoms with E-state index in [1.807, 2.05) is 12.1 Å². The first-order valence-electron chi connectivity index (χ1n) is 8.24. The summed E-state index contributed by atoms with van der Waals surface area (Å²) in [5.74, 6) is 1.40. The molecular formula is C18H29FN2. The van der Waals surface area contributed by atoms with Gasteiger partial charge in [0.2, 0.25) is 0 Å². The molecule has 21 heavy (non-hydrogen) atoms. The molecule has 2 rings (SSSR count). The van der Waals surface area contributed by atoms with E-state index in [0.29, 0.717) is 6.04 Å². The Morgan fingerprint density at radius 3 is 2.62 bits per heavy atom.